The number of fused-ring (bicyclic) bond motifs is 7. The van der Waals surface area contributed by atoms with Gasteiger partial charge in [0.2, 0.25) is 0 Å². The monoisotopic (exact) mass is 491 g/mol. The van der Waals surface area contributed by atoms with Gasteiger partial charge in [0, 0.05) is 16.5 Å². The van der Waals surface area contributed by atoms with Gasteiger partial charge in [0.1, 0.15) is 10.9 Å². The summed E-state index contributed by atoms with van der Waals surface area (Å²) in [4.78, 5) is 28.7. The van der Waals surface area contributed by atoms with Crippen molar-refractivity contribution in [2.24, 2.45) is 5.41 Å². The van der Waals surface area contributed by atoms with E-state index in [4.69, 9.17) is 37.9 Å². The fraction of sp³-hybridized carbons (Fsp3) is 0.333. The van der Waals surface area contributed by atoms with Gasteiger partial charge in [0.05, 0.1) is 32.5 Å². The largest absolute Gasteiger partial charge is 0.423 e. The molecule has 1 fully saturated rings. The van der Waals surface area contributed by atoms with Gasteiger partial charge in [-0.1, -0.05) is 62.2 Å². The van der Waals surface area contributed by atoms with E-state index in [0.29, 0.717) is 44.5 Å². The molecule has 5 nitrogen and oxygen atoms in total. The summed E-state index contributed by atoms with van der Waals surface area (Å²) in [6.07, 6.45) is 1.46. The van der Waals surface area contributed by atoms with Crippen molar-refractivity contribution in [3.05, 3.63) is 69.6 Å². The summed E-state index contributed by atoms with van der Waals surface area (Å²) < 4.78 is 6.16. The number of hydrogen-bond donors (Lipinski definition) is 0. The Morgan fingerprint density at radius 1 is 0.912 bits per heavy atom. The van der Waals surface area contributed by atoms with Crippen LogP contribution in [0.15, 0.2) is 42.5 Å². The van der Waals surface area contributed by atoms with Crippen molar-refractivity contribution in [2.45, 2.75) is 51.4 Å². The van der Waals surface area contributed by atoms with Crippen LogP contribution in [0.2, 0.25) is 10.0 Å². The SMILES string of the molecule is Cc1ccc2cccc(OC(=O)C34CCC(C)(c5nc6cc(Cl)c(Cl)cc6nc53)C4(C)C)c2n1. The number of carbonyl (C=O) groups excluding carboxylic acids is 1. The molecule has 0 spiro atoms. The average molecular weight is 492 g/mol. The first-order valence-electron chi connectivity index (χ1n) is 11.3. The lowest BCUT2D eigenvalue weighted by atomic mass is 9.64. The molecule has 6 rings (SSSR count). The molecule has 2 aliphatic rings. The lowest BCUT2D eigenvalue weighted by Gasteiger charge is -2.38. The number of para-hydroxylation sites is 1. The second-order valence-electron chi connectivity index (χ2n) is 10.2. The molecule has 0 radical (unpaired) electrons. The second kappa shape index (κ2) is 6.89. The molecule has 2 atom stereocenters. The number of halogens is 2. The van der Waals surface area contributed by atoms with Crippen LogP contribution in [-0.4, -0.2) is 20.9 Å². The maximum atomic E-state index is 14.1. The highest BCUT2D eigenvalue weighted by atomic mass is 35.5. The van der Waals surface area contributed by atoms with Gasteiger partial charge in [-0.2, -0.15) is 0 Å². The number of pyridine rings is 1. The Labute approximate surface area is 207 Å². The summed E-state index contributed by atoms with van der Waals surface area (Å²) in [5, 5.41) is 1.77. The molecule has 0 N–H and O–H groups in total. The van der Waals surface area contributed by atoms with Gasteiger partial charge in [0.15, 0.2) is 5.75 Å². The fourth-order valence-electron chi connectivity index (χ4n) is 6.04. The minimum Gasteiger partial charge on any atom is -0.423 e. The summed E-state index contributed by atoms with van der Waals surface area (Å²) >= 11 is 12.5. The quantitative estimate of drug-likeness (QED) is 0.229. The Hall–Kier alpha value is -2.76. The minimum absolute atomic E-state index is 0.315. The third-order valence-corrected chi connectivity index (χ3v) is 9.18. The highest BCUT2D eigenvalue weighted by Crippen LogP contribution is 2.70. The zero-order chi connectivity index (χ0) is 24.0. The Morgan fingerprint density at radius 2 is 1.59 bits per heavy atom. The number of nitrogens with zero attached hydrogens (tertiary/aromatic N) is 3. The number of rotatable bonds is 2. The highest BCUT2D eigenvalue weighted by Gasteiger charge is 2.74. The predicted octanol–water partition coefficient (Wildman–Crippen LogP) is 6.73. The number of benzene rings is 2. The molecule has 7 heteroatoms. The topological polar surface area (TPSA) is 65.0 Å². The van der Waals surface area contributed by atoms with E-state index in [-0.39, 0.29) is 11.4 Å². The third-order valence-electron chi connectivity index (χ3n) is 8.45. The van der Waals surface area contributed by atoms with Crippen molar-refractivity contribution in [3.63, 3.8) is 0 Å². The van der Waals surface area contributed by atoms with Crippen molar-refractivity contribution >= 4 is 51.1 Å². The molecule has 2 bridgehead atoms. The summed E-state index contributed by atoms with van der Waals surface area (Å²) in [5.74, 6) is 0.145. The molecule has 2 aromatic carbocycles. The maximum absolute atomic E-state index is 14.1. The van der Waals surface area contributed by atoms with Gasteiger partial charge in [-0.05, 0) is 49.4 Å². The van der Waals surface area contributed by atoms with Crippen LogP contribution < -0.4 is 4.74 Å². The Morgan fingerprint density at radius 3 is 2.29 bits per heavy atom. The molecule has 2 aromatic heterocycles. The van der Waals surface area contributed by atoms with Crippen LogP contribution in [0.25, 0.3) is 21.9 Å². The Bertz CT molecular complexity index is 1550. The van der Waals surface area contributed by atoms with E-state index >= 15 is 0 Å². The van der Waals surface area contributed by atoms with Gasteiger partial charge in [-0.3, -0.25) is 4.79 Å². The number of esters is 1. The molecule has 0 saturated heterocycles. The number of hydrogen-bond acceptors (Lipinski definition) is 5. The molecule has 34 heavy (non-hydrogen) atoms. The number of ether oxygens (including phenoxy) is 1. The predicted molar refractivity (Wildman–Crippen MR) is 134 cm³/mol. The molecule has 0 amide bonds. The molecule has 4 aromatic rings. The molecule has 172 valence electrons. The van der Waals surface area contributed by atoms with Gasteiger partial charge in [-0.25, -0.2) is 15.0 Å². The van der Waals surface area contributed by atoms with Crippen LogP contribution in [0.1, 0.15) is 50.7 Å². The van der Waals surface area contributed by atoms with Crippen molar-refractivity contribution in [1.29, 1.82) is 0 Å². The molecule has 2 heterocycles. The van der Waals surface area contributed by atoms with E-state index in [2.05, 4.69) is 25.8 Å². The van der Waals surface area contributed by atoms with Gasteiger partial charge in [-0.15, -0.1) is 0 Å². The molecule has 2 aliphatic carbocycles. The van der Waals surface area contributed by atoms with Crippen LogP contribution in [0.5, 0.6) is 5.75 Å². The van der Waals surface area contributed by atoms with Gasteiger partial charge < -0.3 is 4.74 Å². The first kappa shape index (κ1) is 21.8. The highest BCUT2D eigenvalue weighted by molar-refractivity contribution is 6.42. The van der Waals surface area contributed by atoms with Crippen molar-refractivity contribution in [2.75, 3.05) is 0 Å². The van der Waals surface area contributed by atoms with Crippen LogP contribution in [0.3, 0.4) is 0 Å². The summed E-state index contributed by atoms with van der Waals surface area (Å²) in [6.45, 7) is 8.35. The van der Waals surface area contributed by atoms with Gasteiger partial charge in [0.25, 0.3) is 0 Å². The smallest absolute Gasteiger partial charge is 0.324 e. The van der Waals surface area contributed by atoms with Crippen LogP contribution in [0.4, 0.5) is 0 Å². The van der Waals surface area contributed by atoms with Crippen LogP contribution >= 0.6 is 23.2 Å². The van der Waals surface area contributed by atoms with E-state index in [1.165, 1.54) is 0 Å². The van der Waals surface area contributed by atoms with E-state index < -0.39 is 10.8 Å². The first-order valence-corrected chi connectivity index (χ1v) is 12.1. The second-order valence-corrected chi connectivity index (χ2v) is 11.0. The van der Waals surface area contributed by atoms with Crippen LogP contribution in [-0.2, 0) is 15.6 Å². The van der Waals surface area contributed by atoms with E-state index in [1.54, 1.807) is 18.2 Å². The van der Waals surface area contributed by atoms with Crippen molar-refractivity contribution in [3.8, 4) is 5.75 Å². The summed E-state index contributed by atoms with van der Waals surface area (Å²) in [7, 11) is 0. The van der Waals surface area contributed by atoms with E-state index in [0.717, 1.165) is 23.2 Å². The maximum Gasteiger partial charge on any atom is 0.324 e. The fourth-order valence-corrected chi connectivity index (χ4v) is 6.35. The normalized spacial score (nSPS) is 24.5. The standard InChI is InChI=1S/C27H23Cl2N3O2/c1-14-8-9-15-6-5-7-20(21(15)30-14)34-24(33)27-11-10-26(4,25(27,2)3)22-23(27)32-19-13-17(29)16(28)12-18(19)31-22/h5-9,12-13H,10-11H2,1-4H3. The third kappa shape index (κ3) is 2.57. The number of aromatic nitrogens is 3. The minimum atomic E-state index is -0.934. The van der Waals surface area contributed by atoms with E-state index in [1.807, 2.05) is 31.2 Å². The molecular weight excluding hydrogens is 469 g/mol. The van der Waals surface area contributed by atoms with Gasteiger partial charge >= 0.3 is 5.97 Å². The number of carbonyl (C=O) groups is 1. The van der Waals surface area contributed by atoms with Crippen molar-refractivity contribution in [1.82, 2.24) is 15.0 Å². The van der Waals surface area contributed by atoms with Crippen LogP contribution in [0, 0.1) is 12.3 Å². The Kier molecular flexibility index (Phi) is 4.41. The number of aryl methyl sites for hydroxylation is 1. The molecule has 0 aliphatic heterocycles. The molecule has 2 unspecified atom stereocenters. The average Bonchev–Trinajstić information content (AvgIpc) is 3.09. The summed E-state index contributed by atoms with van der Waals surface area (Å²) in [6, 6.07) is 13.0. The van der Waals surface area contributed by atoms with E-state index in [9.17, 15) is 4.79 Å². The Balaban J connectivity index is 1.54. The summed E-state index contributed by atoms with van der Waals surface area (Å²) in [5.41, 5.74) is 2.64. The molecule has 1 saturated carbocycles. The lowest BCUT2D eigenvalue weighted by Crippen LogP contribution is -2.48. The lowest BCUT2D eigenvalue weighted by molar-refractivity contribution is -0.145. The zero-order valence-electron chi connectivity index (χ0n) is 19.4. The van der Waals surface area contributed by atoms with Crippen molar-refractivity contribution < 1.29 is 9.53 Å². The first-order chi connectivity index (χ1) is 16.1. The zero-order valence-corrected chi connectivity index (χ0v) is 20.9. The molecular formula is C27H23Cl2N3O2.